The van der Waals surface area contributed by atoms with E-state index in [1.165, 1.54) is 50.6 Å². The maximum Gasteiger partial charge on any atom is 0.254 e. The van der Waals surface area contributed by atoms with Crippen molar-refractivity contribution in [2.24, 2.45) is 0 Å². The van der Waals surface area contributed by atoms with Crippen molar-refractivity contribution in [1.29, 1.82) is 0 Å². The van der Waals surface area contributed by atoms with Gasteiger partial charge in [-0.15, -0.1) is 0 Å². The molecular formula is C33H45I3N6. The zero-order valence-electron chi connectivity index (χ0n) is 25.6. The lowest BCUT2D eigenvalue weighted by atomic mass is 10.3. The topological polar surface area (TPSA) is 59.0 Å². The summed E-state index contributed by atoms with van der Waals surface area (Å²) < 4.78 is 6.99. The summed E-state index contributed by atoms with van der Waals surface area (Å²) in [6.07, 6.45) is 3.17. The van der Waals surface area contributed by atoms with Gasteiger partial charge in [-0.2, -0.15) is 0 Å². The fourth-order valence-corrected chi connectivity index (χ4v) is 5.47. The Morgan fingerprint density at radius 3 is 0.857 bits per heavy atom. The van der Waals surface area contributed by atoms with Gasteiger partial charge < -0.3 is 71.9 Å². The molecule has 0 unspecified atom stereocenters. The third-order valence-electron chi connectivity index (χ3n) is 7.35. The van der Waals surface area contributed by atoms with E-state index in [2.05, 4.69) is 143 Å². The molecule has 0 aliphatic heterocycles. The summed E-state index contributed by atoms with van der Waals surface area (Å²) in [4.78, 5) is 10.3. The van der Waals surface area contributed by atoms with E-state index < -0.39 is 0 Å². The second-order valence-corrected chi connectivity index (χ2v) is 9.56. The fraction of sp³-hybridized carbons (Fsp3) is 0.364. The van der Waals surface area contributed by atoms with Gasteiger partial charge in [0.2, 0.25) is 0 Å². The Bertz CT molecular complexity index is 1460. The van der Waals surface area contributed by atoms with Crippen LogP contribution in [0.4, 0.5) is 0 Å². The van der Waals surface area contributed by atoms with Crippen molar-refractivity contribution in [3.63, 3.8) is 0 Å². The lowest BCUT2D eigenvalue weighted by Gasteiger charge is -1.93. The number of aromatic amines is 3. The molecule has 9 heteroatoms. The second-order valence-electron chi connectivity index (χ2n) is 9.56. The zero-order valence-corrected chi connectivity index (χ0v) is 32.1. The lowest BCUT2D eigenvalue weighted by molar-refractivity contribution is -0.675. The molecule has 0 saturated heterocycles. The van der Waals surface area contributed by atoms with Crippen molar-refractivity contribution in [2.45, 2.75) is 80.4 Å². The number of fused-ring (bicyclic) bond motifs is 3. The SMILES string of the molecule is CCc1[nH]c2ccccc2[n+]1CC.CCc1[nH]c2ccccc2[n+]1CC.CCc1[nH]c2ccccc2[n+]1CC.[I-].[I-].[I-]. The zero-order chi connectivity index (χ0) is 27.8. The van der Waals surface area contributed by atoms with Gasteiger partial charge in [-0.3, -0.25) is 0 Å². The minimum absolute atomic E-state index is 0. The highest BCUT2D eigenvalue weighted by Gasteiger charge is 2.15. The van der Waals surface area contributed by atoms with Crippen LogP contribution in [0.15, 0.2) is 72.8 Å². The molecule has 42 heavy (non-hydrogen) atoms. The van der Waals surface area contributed by atoms with Gasteiger partial charge in [0.15, 0.2) is 33.1 Å². The number of aryl methyl sites for hydroxylation is 6. The van der Waals surface area contributed by atoms with Crippen LogP contribution in [0.2, 0.25) is 0 Å². The van der Waals surface area contributed by atoms with Gasteiger partial charge in [0.25, 0.3) is 17.5 Å². The molecule has 228 valence electrons. The van der Waals surface area contributed by atoms with Crippen LogP contribution in [0.1, 0.15) is 59.0 Å². The Hall–Kier alpha value is -1.74. The van der Waals surface area contributed by atoms with E-state index in [1.807, 2.05) is 0 Å². The second kappa shape index (κ2) is 18.8. The van der Waals surface area contributed by atoms with E-state index in [0.29, 0.717) is 0 Å². The quantitative estimate of drug-likeness (QED) is 0.119. The maximum absolute atomic E-state index is 3.43. The van der Waals surface area contributed by atoms with E-state index in [-0.39, 0.29) is 71.9 Å². The number of halogens is 3. The first-order chi connectivity index (χ1) is 19.1. The number of benzene rings is 3. The van der Waals surface area contributed by atoms with Crippen molar-refractivity contribution < 1.29 is 85.6 Å². The minimum atomic E-state index is 0. The first-order valence-corrected chi connectivity index (χ1v) is 14.6. The summed E-state index contributed by atoms with van der Waals surface area (Å²) >= 11 is 0. The number of rotatable bonds is 6. The normalized spacial score (nSPS) is 10.1. The average Bonchev–Trinajstić information content (AvgIpc) is 3.67. The van der Waals surface area contributed by atoms with Crippen LogP contribution < -0.4 is 85.6 Å². The molecule has 3 heterocycles. The van der Waals surface area contributed by atoms with Gasteiger partial charge in [-0.25, -0.2) is 28.7 Å². The largest absolute Gasteiger partial charge is 1.00 e. The van der Waals surface area contributed by atoms with E-state index in [0.717, 1.165) is 38.9 Å². The van der Waals surface area contributed by atoms with E-state index in [4.69, 9.17) is 0 Å². The van der Waals surface area contributed by atoms with Gasteiger partial charge in [-0.1, -0.05) is 57.2 Å². The summed E-state index contributed by atoms with van der Waals surface area (Å²) in [5, 5.41) is 0. The Morgan fingerprint density at radius 2 is 0.643 bits per heavy atom. The third-order valence-corrected chi connectivity index (χ3v) is 7.35. The number of imidazole rings is 3. The molecule has 6 aromatic rings. The van der Waals surface area contributed by atoms with Crippen molar-refractivity contribution >= 4 is 33.1 Å². The molecule has 0 aliphatic rings. The number of aromatic nitrogens is 6. The lowest BCUT2D eigenvalue weighted by Crippen LogP contribution is -3.00. The molecule has 3 aromatic heterocycles. The van der Waals surface area contributed by atoms with Crippen molar-refractivity contribution in [1.82, 2.24) is 15.0 Å². The standard InChI is InChI=1S/3C11H14N2.3HI/c3*1-3-11-12-9-7-5-6-8-10(9)13(11)4-2;;;/h3*5-8H,3-4H2,1-2H3;3*1H. The average molecular weight is 906 g/mol. The fourth-order valence-electron chi connectivity index (χ4n) is 5.47. The monoisotopic (exact) mass is 906 g/mol. The van der Waals surface area contributed by atoms with Crippen LogP contribution in [-0.2, 0) is 38.9 Å². The highest BCUT2D eigenvalue weighted by molar-refractivity contribution is 5.72. The number of para-hydroxylation sites is 6. The Labute approximate surface area is 301 Å². The number of hydrogen-bond acceptors (Lipinski definition) is 0. The number of nitrogens with one attached hydrogen (secondary N) is 3. The van der Waals surface area contributed by atoms with E-state index in [9.17, 15) is 0 Å². The maximum atomic E-state index is 3.43. The molecule has 0 amide bonds. The van der Waals surface area contributed by atoms with Gasteiger partial charge in [0.1, 0.15) is 0 Å². The Morgan fingerprint density at radius 1 is 0.405 bits per heavy atom. The summed E-state index contributed by atoms with van der Waals surface area (Å²) in [6, 6.07) is 25.3. The molecule has 0 spiro atoms. The Balaban J connectivity index is 0.000000304. The van der Waals surface area contributed by atoms with Crippen LogP contribution in [-0.4, -0.2) is 15.0 Å². The van der Waals surface area contributed by atoms with Crippen LogP contribution in [0, 0.1) is 0 Å². The van der Waals surface area contributed by atoms with Crippen molar-refractivity contribution in [2.75, 3.05) is 0 Å². The number of hydrogen-bond donors (Lipinski definition) is 3. The predicted molar refractivity (Wildman–Crippen MR) is 161 cm³/mol. The molecule has 0 atom stereocenters. The van der Waals surface area contributed by atoms with E-state index >= 15 is 0 Å². The number of H-pyrrole nitrogens is 3. The van der Waals surface area contributed by atoms with Crippen LogP contribution in [0.25, 0.3) is 33.1 Å². The summed E-state index contributed by atoms with van der Waals surface area (Å²) in [7, 11) is 0. The summed E-state index contributed by atoms with van der Waals surface area (Å²) in [5.41, 5.74) is 7.63. The predicted octanol–water partition coefficient (Wildman–Crippen LogP) is -2.87. The molecule has 6 rings (SSSR count). The summed E-state index contributed by atoms with van der Waals surface area (Å²) in [6.45, 7) is 16.2. The Kier molecular flexibility index (Phi) is 17.2. The van der Waals surface area contributed by atoms with Crippen LogP contribution in [0.3, 0.4) is 0 Å². The highest BCUT2D eigenvalue weighted by Crippen LogP contribution is 2.10. The minimum Gasteiger partial charge on any atom is -1.00 e. The molecular weight excluding hydrogens is 861 g/mol. The molecule has 3 N–H and O–H groups in total. The highest BCUT2D eigenvalue weighted by atomic mass is 127. The number of nitrogens with zero attached hydrogens (tertiary/aromatic N) is 3. The smallest absolute Gasteiger partial charge is 0.254 e. The molecule has 0 saturated carbocycles. The van der Waals surface area contributed by atoms with Gasteiger partial charge >= 0.3 is 0 Å². The van der Waals surface area contributed by atoms with Crippen LogP contribution in [0.5, 0.6) is 0 Å². The van der Waals surface area contributed by atoms with Gasteiger partial charge in [0, 0.05) is 19.3 Å². The van der Waals surface area contributed by atoms with Crippen molar-refractivity contribution in [3.05, 3.63) is 90.3 Å². The van der Waals surface area contributed by atoms with Gasteiger partial charge in [-0.05, 0) is 57.2 Å². The summed E-state index contributed by atoms with van der Waals surface area (Å²) in [5.74, 6) is 3.93. The molecule has 0 bridgehead atoms. The van der Waals surface area contributed by atoms with Crippen molar-refractivity contribution in [3.8, 4) is 0 Å². The first kappa shape index (κ1) is 38.3. The molecule has 6 nitrogen and oxygen atoms in total. The van der Waals surface area contributed by atoms with Crippen LogP contribution >= 0.6 is 0 Å². The molecule has 0 aliphatic carbocycles. The molecule has 0 radical (unpaired) electrons. The molecule has 3 aromatic carbocycles. The first-order valence-electron chi connectivity index (χ1n) is 14.6. The molecule has 0 fully saturated rings. The van der Waals surface area contributed by atoms with Gasteiger partial charge in [0.05, 0.1) is 19.6 Å². The van der Waals surface area contributed by atoms with E-state index in [1.54, 1.807) is 0 Å². The third kappa shape index (κ3) is 8.46.